The molecule has 2 atom stereocenters. The molecule has 6 heteroatoms. The number of ether oxygens (including phenoxy) is 1. The number of para-hydroxylation sites is 1. The van der Waals surface area contributed by atoms with E-state index in [-0.39, 0.29) is 18.6 Å². The highest BCUT2D eigenvalue weighted by Crippen LogP contribution is 2.56. The summed E-state index contributed by atoms with van der Waals surface area (Å²) in [6.07, 6.45) is 7.08. The van der Waals surface area contributed by atoms with Gasteiger partial charge in [-0.2, -0.15) is 0 Å². The molecule has 1 amide bonds. The van der Waals surface area contributed by atoms with Crippen LogP contribution in [-0.4, -0.2) is 53.5 Å². The second kappa shape index (κ2) is 7.75. The van der Waals surface area contributed by atoms with Gasteiger partial charge in [0.2, 0.25) is 0 Å². The van der Waals surface area contributed by atoms with Gasteiger partial charge in [0.15, 0.2) is 0 Å². The monoisotopic (exact) mass is 409 g/mol. The summed E-state index contributed by atoms with van der Waals surface area (Å²) < 4.78 is 8.00. The molecule has 1 aromatic heterocycles. The summed E-state index contributed by atoms with van der Waals surface area (Å²) in [6.45, 7) is 5.33. The van der Waals surface area contributed by atoms with Gasteiger partial charge in [-0.05, 0) is 50.3 Å². The Balaban J connectivity index is 1.57. The number of amides is 1. The quantitative estimate of drug-likeness (QED) is 0.714. The Morgan fingerprint density at radius 1 is 1.33 bits per heavy atom. The van der Waals surface area contributed by atoms with E-state index in [4.69, 9.17) is 9.84 Å². The summed E-state index contributed by atoms with van der Waals surface area (Å²) in [4.78, 5) is 14.9. The van der Waals surface area contributed by atoms with Crippen molar-refractivity contribution in [1.29, 1.82) is 0 Å². The van der Waals surface area contributed by atoms with Gasteiger partial charge in [-0.3, -0.25) is 4.90 Å². The predicted octanol–water partition coefficient (Wildman–Crippen LogP) is 3.69. The molecule has 3 aliphatic rings. The number of carbonyl (C=O) groups excluding carboxylic acids is 1. The maximum Gasteiger partial charge on any atom is 0.407 e. The van der Waals surface area contributed by atoms with E-state index in [9.17, 15) is 4.79 Å². The van der Waals surface area contributed by atoms with Crippen LogP contribution in [-0.2, 0) is 11.2 Å². The van der Waals surface area contributed by atoms with Crippen LogP contribution in [0.3, 0.4) is 0 Å². The molecular weight excluding hydrogens is 378 g/mol. The zero-order valence-electron chi connectivity index (χ0n) is 17.7. The van der Waals surface area contributed by atoms with Crippen LogP contribution in [0.5, 0.6) is 0 Å². The Morgan fingerprint density at radius 2 is 2.20 bits per heavy atom. The van der Waals surface area contributed by atoms with Crippen LogP contribution in [0.2, 0.25) is 0 Å². The number of hydrogen-bond acceptors (Lipinski definition) is 4. The molecular formula is C24H31N3O3. The summed E-state index contributed by atoms with van der Waals surface area (Å²) in [5.74, 6) is 0. The van der Waals surface area contributed by atoms with Crippen LogP contribution in [0.4, 0.5) is 4.79 Å². The van der Waals surface area contributed by atoms with Crippen molar-refractivity contribution in [2.75, 3.05) is 32.8 Å². The lowest BCUT2D eigenvalue weighted by molar-refractivity contribution is 0.0261. The van der Waals surface area contributed by atoms with Crippen molar-refractivity contribution in [2.45, 2.75) is 45.1 Å². The first kappa shape index (κ1) is 19.6. The lowest BCUT2D eigenvalue weighted by atomic mass is 9.66. The lowest BCUT2D eigenvalue weighted by Crippen LogP contribution is -2.50. The van der Waals surface area contributed by atoms with E-state index in [0.29, 0.717) is 19.0 Å². The fourth-order valence-electron chi connectivity index (χ4n) is 5.95. The van der Waals surface area contributed by atoms with Crippen molar-refractivity contribution in [2.24, 2.45) is 5.41 Å². The first-order chi connectivity index (χ1) is 14.7. The summed E-state index contributed by atoms with van der Waals surface area (Å²) >= 11 is 0. The molecule has 0 saturated carbocycles. The number of aromatic nitrogens is 1. The van der Waals surface area contributed by atoms with Crippen molar-refractivity contribution < 1.29 is 14.6 Å². The molecule has 3 aliphatic heterocycles. The molecule has 30 heavy (non-hydrogen) atoms. The molecule has 0 spiro atoms. The largest absolute Gasteiger partial charge is 0.443 e. The third kappa shape index (κ3) is 2.96. The SMILES string of the molecule is CC[C@@]12C=C(COC(=O)NCCCO)n3c4c(c5ccccc53)CCN(CCC1)[C@H]42. The maximum atomic E-state index is 12.2. The van der Waals surface area contributed by atoms with Crippen LogP contribution in [0, 0.1) is 5.41 Å². The van der Waals surface area contributed by atoms with E-state index >= 15 is 0 Å². The van der Waals surface area contributed by atoms with Crippen LogP contribution >= 0.6 is 0 Å². The second-order valence-corrected chi connectivity index (χ2v) is 8.81. The summed E-state index contributed by atoms with van der Waals surface area (Å²) in [5, 5.41) is 13.0. The zero-order chi connectivity index (χ0) is 20.7. The number of alkyl carbamates (subject to hydrolysis) is 1. The number of nitrogens with one attached hydrogen (secondary N) is 1. The molecule has 0 bridgehead atoms. The number of aliphatic hydroxyl groups excluding tert-OH is 1. The minimum Gasteiger partial charge on any atom is -0.443 e. The van der Waals surface area contributed by atoms with E-state index in [2.05, 4.69) is 52.0 Å². The number of hydrogen-bond donors (Lipinski definition) is 2. The third-order valence-corrected chi connectivity index (χ3v) is 7.28. The minimum absolute atomic E-state index is 0.0594. The van der Waals surface area contributed by atoms with Crippen LogP contribution in [0.1, 0.15) is 49.9 Å². The first-order valence-electron chi connectivity index (χ1n) is 11.3. The van der Waals surface area contributed by atoms with Crippen molar-refractivity contribution in [3.63, 3.8) is 0 Å². The van der Waals surface area contributed by atoms with Gasteiger partial charge in [0.1, 0.15) is 6.61 Å². The number of aliphatic hydroxyl groups is 1. The van der Waals surface area contributed by atoms with Crippen LogP contribution < -0.4 is 5.32 Å². The molecule has 0 radical (unpaired) electrons. The van der Waals surface area contributed by atoms with E-state index < -0.39 is 6.09 Å². The second-order valence-electron chi connectivity index (χ2n) is 8.81. The van der Waals surface area contributed by atoms with Crippen molar-refractivity contribution in [3.05, 3.63) is 41.6 Å². The molecule has 1 aromatic carbocycles. The Hall–Kier alpha value is -2.31. The average molecular weight is 410 g/mol. The van der Waals surface area contributed by atoms with Crippen LogP contribution in [0.25, 0.3) is 16.6 Å². The van der Waals surface area contributed by atoms with E-state index in [1.54, 1.807) is 0 Å². The topological polar surface area (TPSA) is 66.7 Å². The van der Waals surface area contributed by atoms with Gasteiger partial charge < -0.3 is 19.7 Å². The zero-order valence-corrected chi connectivity index (χ0v) is 17.7. The van der Waals surface area contributed by atoms with E-state index in [0.717, 1.165) is 25.1 Å². The molecule has 5 rings (SSSR count). The summed E-state index contributed by atoms with van der Waals surface area (Å²) in [7, 11) is 0. The number of piperidine rings is 1. The van der Waals surface area contributed by atoms with Gasteiger partial charge in [-0.25, -0.2) is 4.79 Å². The maximum absolute atomic E-state index is 12.2. The van der Waals surface area contributed by atoms with Crippen molar-refractivity contribution in [3.8, 4) is 0 Å². The molecule has 0 aliphatic carbocycles. The first-order valence-corrected chi connectivity index (χ1v) is 11.3. The third-order valence-electron chi connectivity index (χ3n) is 7.28. The number of carbonyl (C=O) groups is 1. The number of rotatable bonds is 6. The number of fused-ring (bicyclic) bond motifs is 3. The number of benzene rings is 1. The highest BCUT2D eigenvalue weighted by molar-refractivity contribution is 5.90. The Bertz CT molecular complexity index is 995. The molecule has 1 saturated heterocycles. The standard InChI is InChI=1S/C24H31N3O3/c1-2-24-10-5-12-26-13-9-19-18-7-3-4-8-20(18)27(21(19)22(24)26)17(15-24)16-30-23(29)25-11-6-14-28/h3-4,7-8,15,22,28H,2,5-6,9-14,16H2,1H3,(H,25,29)/t22-,24+/m1/s1. The highest BCUT2D eigenvalue weighted by atomic mass is 16.5. The van der Waals surface area contributed by atoms with Gasteiger partial charge in [-0.15, -0.1) is 0 Å². The van der Waals surface area contributed by atoms with Gasteiger partial charge in [0.25, 0.3) is 0 Å². The molecule has 0 unspecified atom stereocenters. The van der Waals surface area contributed by atoms with E-state index in [1.807, 2.05) is 0 Å². The van der Waals surface area contributed by atoms with Gasteiger partial charge >= 0.3 is 6.09 Å². The van der Waals surface area contributed by atoms with Crippen molar-refractivity contribution in [1.82, 2.24) is 14.8 Å². The smallest absolute Gasteiger partial charge is 0.407 e. The molecule has 2 N–H and O–H groups in total. The normalized spacial score (nSPS) is 25.0. The molecule has 2 aromatic rings. The molecule has 6 nitrogen and oxygen atoms in total. The Kier molecular flexibility index (Phi) is 5.07. The summed E-state index contributed by atoms with van der Waals surface area (Å²) in [6, 6.07) is 9.06. The molecule has 1 fully saturated rings. The van der Waals surface area contributed by atoms with E-state index in [1.165, 1.54) is 41.5 Å². The number of nitrogens with zero attached hydrogens (tertiary/aromatic N) is 2. The summed E-state index contributed by atoms with van der Waals surface area (Å²) in [5.41, 5.74) is 5.29. The van der Waals surface area contributed by atoms with Gasteiger partial charge in [0.05, 0.1) is 17.3 Å². The van der Waals surface area contributed by atoms with Gasteiger partial charge in [0, 0.05) is 36.2 Å². The lowest BCUT2D eigenvalue weighted by Gasteiger charge is -2.53. The average Bonchev–Trinajstić information content (AvgIpc) is 3.12. The highest BCUT2D eigenvalue weighted by Gasteiger charge is 2.50. The fraction of sp³-hybridized carbons (Fsp3) is 0.542. The fourth-order valence-corrected chi connectivity index (χ4v) is 5.95. The van der Waals surface area contributed by atoms with Crippen molar-refractivity contribution >= 4 is 22.7 Å². The Labute approximate surface area is 177 Å². The van der Waals surface area contributed by atoms with Crippen LogP contribution in [0.15, 0.2) is 30.3 Å². The van der Waals surface area contributed by atoms with Gasteiger partial charge in [-0.1, -0.05) is 31.2 Å². The Morgan fingerprint density at radius 3 is 3.03 bits per heavy atom. The minimum atomic E-state index is -0.423. The molecule has 160 valence electrons. The predicted molar refractivity (Wildman–Crippen MR) is 117 cm³/mol. The molecule has 4 heterocycles.